The highest BCUT2D eigenvalue weighted by atomic mass is 32.1. The number of aryl methyl sites for hydroxylation is 1. The highest BCUT2D eigenvalue weighted by Crippen LogP contribution is 2.36. The predicted octanol–water partition coefficient (Wildman–Crippen LogP) is 6.43. The molecule has 1 fully saturated rings. The highest BCUT2D eigenvalue weighted by molar-refractivity contribution is 7.15. The lowest BCUT2D eigenvalue weighted by Crippen LogP contribution is -2.21. The van der Waals surface area contributed by atoms with E-state index in [4.69, 9.17) is 9.72 Å². The van der Waals surface area contributed by atoms with Crippen molar-refractivity contribution in [2.24, 2.45) is 5.92 Å². The minimum atomic E-state index is 0.463. The van der Waals surface area contributed by atoms with Gasteiger partial charge in [-0.1, -0.05) is 13.8 Å². The Labute approximate surface area is 189 Å². The summed E-state index contributed by atoms with van der Waals surface area (Å²) in [7, 11) is 1.70. The van der Waals surface area contributed by atoms with Gasteiger partial charge in [0.15, 0.2) is 0 Å². The molecule has 3 heterocycles. The summed E-state index contributed by atoms with van der Waals surface area (Å²) in [6, 6.07) is 8.40. The van der Waals surface area contributed by atoms with E-state index >= 15 is 0 Å². The molecule has 1 N–H and O–H groups in total. The topological polar surface area (TPSA) is 59.9 Å². The van der Waals surface area contributed by atoms with E-state index in [0.29, 0.717) is 17.8 Å². The number of thiazole rings is 1. The molecule has 4 rings (SSSR count). The zero-order chi connectivity index (χ0) is 21.8. The van der Waals surface area contributed by atoms with E-state index in [1.807, 2.05) is 19.3 Å². The molecular weight excluding hydrogens is 404 g/mol. The van der Waals surface area contributed by atoms with Crippen LogP contribution in [0.4, 0.5) is 5.82 Å². The molecule has 0 spiro atoms. The van der Waals surface area contributed by atoms with Gasteiger partial charge < -0.3 is 10.1 Å². The quantitative estimate of drug-likeness (QED) is 0.463. The number of aromatic nitrogens is 3. The van der Waals surface area contributed by atoms with Gasteiger partial charge in [-0.15, -0.1) is 11.3 Å². The molecule has 0 saturated heterocycles. The fourth-order valence-corrected chi connectivity index (χ4v) is 5.21. The van der Waals surface area contributed by atoms with Crippen molar-refractivity contribution in [1.29, 1.82) is 0 Å². The summed E-state index contributed by atoms with van der Waals surface area (Å²) in [5.41, 5.74) is 3.38. The van der Waals surface area contributed by atoms with Crippen molar-refractivity contribution in [1.82, 2.24) is 15.0 Å². The fourth-order valence-electron chi connectivity index (χ4n) is 4.29. The normalized spacial score (nSPS) is 18.9. The first-order valence-corrected chi connectivity index (χ1v) is 12.0. The SMILES string of the molecule is COc1ccc([C@H]2CC[C@H](CNc3cc(-c4cnc(C(C)C)s4)ccn3)CC2)nc1C. The molecule has 1 aliphatic rings. The third kappa shape index (κ3) is 5.24. The van der Waals surface area contributed by atoms with E-state index in [-0.39, 0.29) is 0 Å². The average Bonchev–Trinajstić information content (AvgIpc) is 3.29. The minimum Gasteiger partial charge on any atom is -0.495 e. The first-order chi connectivity index (χ1) is 15.0. The van der Waals surface area contributed by atoms with Crippen molar-refractivity contribution < 1.29 is 4.74 Å². The molecule has 0 radical (unpaired) electrons. The van der Waals surface area contributed by atoms with Crippen LogP contribution in [0.1, 0.15) is 67.8 Å². The van der Waals surface area contributed by atoms with E-state index in [2.05, 4.69) is 53.4 Å². The van der Waals surface area contributed by atoms with Crippen LogP contribution in [0.5, 0.6) is 5.75 Å². The van der Waals surface area contributed by atoms with Crippen molar-refractivity contribution in [2.45, 2.75) is 58.3 Å². The number of methoxy groups -OCH3 is 1. The van der Waals surface area contributed by atoms with Crippen LogP contribution >= 0.6 is 11.3 Å². The summed E-state index contributed by atoms with van der Waals surface area (Å²) < 4.78 is 5.35. The zero-order valence-electron chi connectivity index (χ0n) is 18.9. The maximum Gasteiger partial charge on any atom is 0.140 e. The molecule has 0 unspecified atom stereocenters. The van der Waals surface area contributed by atoms with Crippen molar-refractivity contribution in [3.05, 3.63) is 53.1 Å². The Hall–Kier alpha value is -2.47. The second-order valence-electron chi connectivity index (χ2n) is 8.77. The van der Waals surface area contributed by atoms with Crippen LogP contribution < -0.4 is 10.1 Å². The number of anilines is 1. The number of ether oxygens (including phenoxy) is 1. The Morgan fingerprint density at radius 3 is 2.61 bits per heavy atom. The maximum absolute atomic E-state index is 5.35. The molecule has 3 aromatic rings. The zero-order valence-corrected chi connectivity index (χ0v) is 19.7. The molecule has 0 amide bonds. The van der Waals surface area contributed by atoms with E-state index in [9.17, 15) is 0 Å². The van der Waals surface area contributed by atoms with Gasteiger partial charge in [0.2, 0.25) is 0 Å². The van der Waals surface area contributed by atoms with Gasteiger partial charge in [-0.3, -0.25) is 4.98 Å². The summed E-state index contributed by atoms with van der Waals surface area (Å²) in [6.45, 7) is 7.36. The lowest BCUT2D eigenvalue weighted by Gasteiger charge is -2.28. The van der Waals surface area contributed by atoms with Crippen molar-refractivity contribution in [2.75, 3.05) is 19.0 Å². The van der Waals surface area contributed by atoms with E-state index in [1.165, 1.54) is 46.8 Å². The lowest BCUT2D eigenvalue weighted by molar-refractivity contribution is 0.334. The Kier molecular flexibility index (Phi) is 6.86. The largest absolute Gasteiger partial charge is 0.495 e. The molecule has 6 heteroatoms. The second kappa shape index (κ2) is 9.77. The summed E-state index contributed by atoms with van der Waals surface area (Å²) >= 11 is 1.77. The van der Waals surface area contributed by atoms with Gasteiger partial charge >= 0.3 is 0 Å². The fraction of sp³-hybridized carbons (Fsp3) is 0.480. The summed E-state index contributed by atoms with van der Waals surface area (Å²) in [4.78, 5) is 15.1. The smallest absolute Gasteiger partial charge is 0.140 e. The van der Waals surface area contributed by atoms with Crippen LogP contribution in [-0.2, 0) is 0 Å². The van der Waals surface area contributed by atoms with Crippen LogP contribution in [0.3, 0.4) is 0 Å². The summed E-state index contributed by atoms with van der Waals surface area (Å²) in [6.07, 6.45) is 8.69. The first-order valence-electron chi connectivity index (χ1n) is 11.2. The Morgan fingerprint density at radius 2 is 1.94 bits per heavy atom. The van der Waals surface area contributed by atoms with Gasteiger partial charge in [0.05, 0.1) is 22.7 Å². The van der Waals surface area contributed by atoms with Gasteiger partial charge in [0.1, 0.15) is 11.6 Å². The molecule has 3 aromatic heterocycles. The average molecular weight is 437 g/mol. The Morgan fingerprint density at radius 1 is 1.13 bits per heavy atom. The van der Waals surface area contributed by atoms with E-state index < -0.39 is 0 Å². The number of pyridine rings is 2. The van der Waals surface area contributed by atoms with Crippen molar-refractivity contribution in [3.63, 3.8) is 0 Å². The molecule has 0 bridgehead atoms. The van der Waals surface area contributed by atoms with Gasteiger partial charge in [-0.2, -0.15) is 0 Å². The highest BCUT2D eigenvalue weighted by Gasteiger charge is 2.23. The van der Waals surface area contributed by atoms with Crippen molar-refractivity contribution in [3.8, 4) is 16.2 Å². The van der Waals surface area contributed by atoms with Crippen LogP contribution in [0.2, 0.25) is 0 Å². The number of rotatable bonds is 7. The molecular formula is C25H32N4OS. The molecule has 0 atom stereocenters. The minimum absolute atomic E-state index is 0.463. The van der Waals surface area contributed by atoms with Crippen LogP contribution in [0.25, 0.3) is 10.4 Å². The maximum atomic E-state index is 5.35. The Balaban J connectivity index is 1.31. The predicted molar refractivity (Wildman–Crippen MR) is 128 cm³/mol. The number of nitrogens with one attached hydrogen (secondary N) is 1. The van der Waals surface area contributed by atoms with Crippen LogP contribution in [0, 0.1) is 12.8 Å². The van der Waals surface area contributed by atoms with Gasteiger partial charge in [0, 0.05) is 36.5 Å². The van der Waals surface area contributed by atoms with Crippen LogP contribution in [0.15, 0.2) is 36.7 Å². The lowest BCUT2D eigenvalue weighted by atomic mass is 9.80. The van der Waals surface area contributed by atoms with Gasteiger partial charge in [0.25, 0.3) is 0 Å². The Bertz CT molecular complexity index is 1010. The molecule has 0 aromatic carbocycles. The second-order valence-corrected chi connectivity index (χ2v) is 9.83. The monoisotopic (exact) mass is 436 g/mol. The summed E-state index contributed by atoms with van der Waals surface area (Å²) in [5, 5.41) is 4.75. The van der Waals surface area contributed by atoms with Gasteiger partial charge in [-0.05, 0) is 68.4 Å². The summed E-state index contributed by atoms with van der Waals surface area (Å²) in [5.74, 6) is 3.52. The number of hydrogen-bond acceptors (Lipinski definition) is 6. The molecule has 164 valence electrons. The van der Waals surface area contributed by atoms with Crippen LogP contribution in [-0.4, -0.2) is 28.6 Å². The standard InChI is InChI=1S/C25H32N4OS/c1-16(2)25-28-15-23(31-25)20-11-12-26-24(13-20)27-14-18-5-7-19(8-6-18)21-9-10-22(30-4)17(3)29-21/h9-13,15-16,18-19H,5-8,14H2,1-4H3,(H,26,27)/t18-,19-. The molecule has 0 aliphatic heterocycles. The number of nitrogens with zero attached hydrogens (tertiary/aromatic N) is 3. The third-order valence-corrected chi connectivity index (χ3v) is 7.52. The molecule has 31 heavy (non-hydrogen) atoms. The molecule has 1 saturated carbocycles. The van der Waals surface area contributed by atoms with E-state index in [0.717, 1.165) is 23.8 Å². The molecule has 1 aliphatic carbocycles. The van der Waals surface area contributed by atoms with Gasteiger partial charge in [-0.25, -0.2) is 9.97 Å². The molecule has 5 nitrogen and oxygen atoms in total. The van der Waals surface area contributed by atoms with E-state index in [1.54, 1.807) is 18.4 Å². The van der Waals surface area contributed by atoms with Crippen molar-refractivity contribution >= 4 is 17.2 Å². The first kappa shape index (κ1) is 21.8. The third-order valence-electron chi connectivity index (χ3n) is 6.18. The number of hydrogen-bond donors (Lipinski definition) is 1.